The topological polar surface area (TPSA) is 280 Å². The number of carbonyl (C=O) groups is 7. The summed E-state index contributed by atoms with van der Waals surface area (Å²) < 4.78 is -1.49. The number of carboxylic acid groups (broad SMARTS) is 2. The van der Waals surface area contributed by atoms with E-state index in [9.17, 15) is 48.6 Å². The number of hydrogen-bond acceptors (Lipinski definition) is 14. The molecule has 6 N–H and O–H groups in total. The Morgan fingerprint density at radius 3 is 1.70 bits per heavy atom. The number of carboxylic acids is 2. The molecule has 22 heteroatoms. The van der Waals surface area contributed by atoms with E-state index in [-0.39, 0.29) is 70.2 Å². The van der Waals surface area contributed by atoms with Crippen LogP contribution in [-0.2, 0) is 28.8 Å². The number of nitrogens with two attached hydrogens (primary N) is 1. The van der Waals surface area contributed by atoms with Gasteiger partial charge in [0.15, 0.2) is 0 Å². The number of fused-ring (bicyclic) bond motifs is 3. The number of aliphatic carboxylic acids is 2. The molecule has 4 aliphatic heterocycles. The van der Waals surface area contributed by atoms with Crippen LogP contribution in [0.2, 0.25) is 0 Å². The molecule has 18 nitrogen and oxygen atoms in total. The van der Waals surface area contributed by atoms with Gasteiger partial charge in [0.25, 0.3) is 5.91 Å². The molecule has 0 spiro atoms. The Balaban J connectivity index is 0.000000251. The minimum atomic E-state index is -1.36. The van der Waals surface area contributed by atoms with E-state index in [2.05, 4.69) is 25.9 Å². The number of aromatic nitrogens is 2. The summed E-state index contributed by atoms with van der Waals surface area (Å²) in [7, 11) is 0. The zero-order valence-corrected chi connectivity index (χ0v) is 40.7. The third-order valence-electron chi connectivity index (χ3n) is 10.9. The smallest absolute Gasteiger partial charge is 0.548 e. The fourth-order valence-corrected chi connectivity index (χ4v) is 11.2. The van der Waals surface area contributed by atoms with Gasteiger partial charge in [0.2, 0.25) is 29.1 Å². The molecule has 318 valence electrons. The first-order chi connectivity index (χ1) is 28.8. The molecule has 6 heterocycles. The minimum absolute atomic E-state index is 0. The maximum atomic E-state index is 13.4. The van der Waals surface area contributed by atoms with Crippen LogP contribution >= 0.6 is 23.5 Å². The SMILES string of the molecule is CC1(C)S[C@@H]2[C@H](NC(=O)[C@H](N)c3ccccc3)C(=O)N2[C@H]1C(=O)[O-].CC1(C)S[C@@H]2[C@H](NC(=O)[C@H](NC(=O)c3c[nH]c4cccnc4c3=O)c3ccccc3)C(=O)N2[C@H]1C(=O)[O-].[Na+].[Na+]. The third-order valence-corrected chi connectivity index (χ3v) is 14.1. The van der Waals surface area contributed by atoms with Crippen LogP contribution in [-0.4, -0.2) is 106 Å². The van der Waals surface area contributed by atoms with Crippen molar-refractivity contribution >= 4 is 76.0 Å². The maximum absolute atomic E-state index is 13.4. The molecular weight excluding hydrogens is 875 g/mol. The summed E-state index contributed by atoms with van der Waals surface area (Å²) in [4.78, 5) is 109. The number of aromatic amines is 1. The van der Waals surface area contributed by atoms with Crippen LogP contribution in [0.3, 0.4) is 0 Å². The molecule has 4 aromatic rings. The molecule has 4 aliphatic rings. The van der Waals surface area contributed by atoms with Crippen molar-refractivity contribution in [1.82, 2.24) is 35.7 Å². The normalized spacial score (nSPS) is 24.2. The number of benzene rings is 2. The van der Waals surface area contributed by atoms with Crippen molar-refractivity contribution in [3.63, 3.8) is 0 Å². The van der Waals surface area contributed by atoms with Crippen LogP contribution in [0.1, 0.15) is 61.3 Å². The zero-order chi connectivity index (χ0) is 44.1. The predicted molar refractivity (Wildman–Crippen MR) is 218 cm³/mol. The van der Waals surface area contributed by atoms with Crippen LogP contribution in [0.4, 0.5) is 0 Å². The predicted octanol–water partition coefficient (Wildman–Crippen LogP) is -7.32. The number of amides is 5. The Kier molecular flexibility index (Phi) is 15.4. The van der Waals surface area contributed by atoms with Gasteiger partial charge in [-0.3, -0.25) is 33.8 Å². The first kappa shape index (κ1) is 49.8. The van der Waals surface area contributed by atoms with Crippen LogP contribution in [0.25, 0.3) is 11.0 Å². The van der Waals surface area contributed by atoms with Gasteiger partial charge in [0.1, 0.15) is 46.0 Å². The Hall–Kier alpha value is -4.25. The average molecular weight is 915 g/mol. The van der Waals surface area contributed by atoms with E-state index in [1.54, 1.807) is 94.4 Å². The molecule has 0 saturated carbocycles. The summed E-state index contributed by atoms with van der Waals surface area (Å²) in [5.41, 5.74) is 6.72. The molecule has 0 bridgehead atoms. The Morgan fingerprint density at radius 2 is 1.21 bits per heavy atom. The van der Waals surface area contributed by atoms with E-state index in [1.165, 1.54) is 45.7 Å². The number of hydrogen-bond donors (Lipinski definition) is 5. The van der Waals surface area contributed by atoms with Crippen molar-refractivity contribution in [2.24, 2.45) is 5.73 Å². The van der Waals surface area contributed by atoms with Gasteiger partial charge in [-0.25, -0.2) is 0 Å². The molecule has 2 aromatic heterocycles. The standard InChI is InChI=1S/C25H23N5O6S.C16H19N3O4S.2Na/c1-25(2)19(24(35)36)30-22(34)17(23(30)37-25)29-21(33)15(12-7-4-3-5-8-12)28-20(32)13-11-27-14-9-6-10-26-16(14)18(13)31;1-16(2)11(15(22)23)19-13(21)10(14(19)24-16)18-12(20)9(17)8-6-4-3-5-7-8;;/h3-11,15,17,19,23H,1-2H3,(H,27,31)(H,28,32)(H,29,33)(H,35,36);3-7,9-11,14H,17H2,1-2H3,(H,18,20)(H,22,23);;/q;;2*+1/p-2/t15-,17-,19+,23-;9-,10-,11+,14-;;/m11../s1. The molecular formula is C41H40N8Na2O10S2. The van der Waals surface area contributed by atoms with E-state index in [4.69, 9.17) is 5.73 Å². The molecule has 0 radical (unpaired) electrons. The van der Waals surface area contributed by atoms with Crippen molar-refractivity contribution in [2.75, 3.05) is 0 Å². The zero-order valence-electron chi connectivity index (χ0n) is 35.0. The second-order valence-corrected chi connectivity index (χ2v) is 19.3. The van der Waals surface area contributed by atoms with Gasteiger partial charge in [-0.05, 0) is 51.0 Å². The molecule has 4 fully saturated rings. The first-order valence-electron chi connectivity index (χ1n) is 19.0. The summed E-state index contributed by atoms with van der Waals surface area (Å²) in [5, 5.41) is 29.9. The number of nitrogens with zero attached hydrogens (tertiary/aromatic N) is 3. The molecule has 2 aromatic carbocycles. The van der Waals surface area contributed by atoms with Crippen LogP contribution in [0.15, 0.2) is 90.0 Å². The molecule has 0 unspecified atom stereocenters. The monoisotopic (exact) mass is 914 g/mol. The molecule has 5 amide bonds. The number of H-pyrrole nitrogens is 1. The van der Waals surface area contributed by atoms with E-state index in [0.29, 0.717) is 16.6 Å². The quantitative estimate of drug-likeness (QED) is 0.0731. The largest absolute Gasteiger partial charge is 1.00 e. The van der Waals surface area contributed by atoms with E-state index in [1.807, 2.05) is 6.07 Å². The van der Waals surface area contributed by atoms with E-state index < -0.39 is 103 Å². The van der Waals surface area contributed by atoms with Gasteiger partial charge in [0.05, 0.1) is 29.5 Å². The molecule has 8 atom stereocenters. The van der Waals surface area contributed by atoms with Gasteiger partial charge in [0, 0.05) is 21.9 Å². The number of carbonyl (C=O) groups excluding carboxylic acids is 7. The van der Waals surface area contributed by atoms with Crippen LogP contribution < -0.4 is 96.4 Å². The Bertz CT molecular complexity index is 2520. The second kappa shape index (κ2) is 19.5. The molecule has 0 aliphatic carbocycles. The van der Waals surface area contributed by atoms with E-state index >= 15 is 0 Å². The van der Waals surface area contributed by atoms with Gasteiger partial charge in [-0.15, -0.1) is 23.5 Å². The Labute approximate surface area is 413 Å². The number of β-lactam (4-membered cyclic amide) rings is 2. The summed E-state index contributed by atoms with van der Waals surface area (Å²) in [6.45, 7) is 6.90. The van der Waals surface area contributed by atoms with Gasteiger partial charge in [-0.2, -0.15) is 0 Å². The van der Waals surface area contributed by atoms with Crippen molar-refractivity contribution in [3.05, 3.63) is 112 Å². The molecule has 63 heavy (non-hydrogen) atoms. The molecule has 8 rings (SSSR count). The summed E-state index contributed by atoms with van der Waals surface area (Å²) in [5.74, 6) is -5.54. The van der Waals surface area contributed by atoms with Crippen molar-refractivity contribution < 1.29 is 103 Å². The maximum Gasteiger partial charge on any atom is 1.00 e. The molecule has 4 saturated heterocycles. The van der Waals surface area contributed by atoms with Gasteiger partial charge in [-0.1, -0.05) is 60.7 Å². The number of rotatable bonds is 10. The first-order valence-corrected chi connectivity index (χ1v) is 20.7. The van der Waals surface area contributed by atoms with Crippen LogP contribution in [0.5, 0.6) is 0 Å². The summed E-state index contributed by atoms with van der Waals surface area (Å²) in [6, 6.07) is 14.5. The number of pyridine rings is 2. The minimum Gasteiger partial charge on any atom is -0.548 e. The second-order valence-electron chi connectivity index (χ2n) is 15.8. The van der Waals surface area contributed by atoms with Crippen LogP contribution in [0, 0.1) is 0 Å². The van der Waals surface area contributed by atoms with Gasteiger partial charge >= 0.3 is 59.1 Å². The summed E-state index contributed by atoms with van der Waals surface area (Å²) in [6.07, 6.45) is 2.69. The fraction of sp³-hybridized carbons (Fsp3) is 0.341. The number of thioether (sulfide) groups is 2. The van der Waals surface area contributed by atoms with Gasteiger partial charge < -0.3 is 56.3 Å². The third kappa shape index (κ3) is 9.46. The van der Waals surface area contributed by atoms with Crippen molar-refractivity contribution in [3.8, 4) is 0 Å². The fourth-order valence-electron chi connectivity index (χ4n) is 7.91. The average Bonchev–Trinajstić information content (AvgIpc) is 3.65. The number of nitrogens with one attached hydrogen (secondary N) is 4. The van der Waals surface area contributed by atoms with E-state index in [0.717, 1.165) is 0 Å². The van der Waals surface area contributed by atoms with Crippen molar-refractivity contribution in [1.29, 1.82) is 0 Å². The summed E-state index contributed by atoms with van der Waals surface area (Å²) >= 11 is 2.60. The van der Waals surface area contributed by atoms with Crippen molar-refractivity contribution in [2.45, 2.75) is 84.2 Å². The Morgan fingerprint density at radius 1 is 0.730 bits per heavy atom.